The van der Waals surface area contributed by atoms with Gasteiger partial charge in [-0.15, -0.1) is 0 Å². The summed E-state index contributed by atoms with van der Waals surface area (Å²) < 4.78 is 7.78. The largest absolute Gasteiger partial charge is 0.495 e. The van der Waals surface area contributed by atoms with Gasteiger partial charge in [-0.05, 0) is 37.7 Å². The molecular formula is C29H32ClN3O2. The van der Waals surface area contributed by atoms with Crippen LogP contribution in [0.4, 0.5) is 0 Å². The quantitative estimate of drug-likeness (QED) is 0.206. The Morgan fingerprint density at radius 2 is 1.77 bits per heavy atom. The van der Waals surface area contributed by atoms with E-state index in [0.717, 1.165) is 66.4 Å². The highest BCUT2D eigenvalue weighted by Crippen LogP contribution is 2.31. The zero-order valence-electron chi connectivity index (χ0n) is 20.3. The molecule has 0 fully saturated rings. The van der Waals surface area contributed by atoms with Crippen molar-refractivity contribution in [1.82, 2.24) is 14.8 Å². The first-order valence-electron chi connectivity index (χ1n) is 12.0. The van der Waals surface area contributed by atoms with E-state index in [4.69, 9.17) is 16.3 Å². The van der Waals surface area contributed by atoms with Crippen molar-refractivity contribution in [3.05, 3.63) is 101 Å². The topological polar surface area (TPSA) is 46.5 Å². The van der Waals surface area contributed by atoms with E-state index in [-0.39, 0.29) is 5.78 Å². The zero-order chi connectivity index (χ0) is 24.6. The number of carbonyl (C=O) groups excluding carboxylic acids is 1. The molecule has 182 valence electrons. The van der Waals surface area contributed by atoms with E-state index in [2.05, 4.69) is 27.9 Å². The fraction of sp³-hybridized carbons (Fsp3) is 0.276. The van der Waals surface area contributed by atoms with Crippen LogP contribution < -0.4 is 10.1 Å². The highest BCUT2D eigenvalue weighted by atomic mass is 35.5. The lowest BCUT2D eigenvalue weighted by Crippen LogP contribution is -2.29. The summed E-state index contributed by atoms with van der Waals surface area (Å²) >= 11 is 6.27. The first-order chi connectivity index (χ1) is 17.1. The van der Waals surface area contributed by atoms with Gasteiger partial charge in [0.25, 0.3) is 0 Å². The van der Waals surface area contributed by atoms with Gasteiger partial charge in [-0.3, -0.25) is 4.79 Å². The van der Waals surface area contributed by atoms with Crippen LogP contribution in [-0.2, 0) is 13.1 Å². The van der Waals surface area contributed by atoms with Crippen molar-refractivity contribution in [2.24, 2.45) is 0 Å². The van der Waals surface area contributed by atoms with Crippen LogP contribution in [0, 0.1) is 0 Å². The molecule has 5 nitrogen and oxygen atoms in total. The predicted octanol–water partition coefficient (Wildman–Crippen LogP) is 5.65. The molecule has 3 aromatic carbocycles. The van der Waals surface area contributed by atoms with Gasteiger partial charge in [-0.1, -0.05) is 72.3 Å². The van der Waals surface area contributed by atoms with Crippen LogP contribution in [0.2, 0.25) is 5.02 Å². The number of ketones is 1. The molecule has 0 bridgehead atoms. The van der Waals surface area contributed by atoms with Crippen molar-refractivity contribution in [3.8, 4) is 5.75 Å². The molecule has 0 amide bonds. The van der Waals surface area contributed by atoms with Gasteiger partial charge in [0, 0.05) is 53.9 Å². The lowest BCUT2D eigenvalue weighted by atomic mass is 10.0. The van der Waals surface area contributed by atoms with Crippen molar-refractivity contribution in [2.45, 2.75) is 19.5 Å². The number of nitrogens with one attached hydrogen (secondary N) is 1. The first-order valence-corrected chi connectivity index (χ1v) is 12.3. The number of halogens is 1. The van der Waals surface area contributed by atoms with Gasteiger partial charge in [0.15, 0.2) is 5.78 Å². The second-order valence-electron chi connectivity index (χ2n) is 8.72. The Bertz CT molecular complexity index is 1270. The molecule has 6 heteroatoms. The van der Waals surface area contributed by atoms with Gasteiger partial charge in [-0.25, -0.2) is 0 Å². The van der Waals surface area contributed by atoms with Gasteiger partial charge >= 0.3 is 0 Å². The number of nitrogens with zero attached hydrogens (tertiary/aromatic N) is 2. The van der Waals surface area contributed by atoms with Gasteiger partial charge in [0.2, 0.25) is 0 Å². The van der Waals surface area contributed by atoms with Gasteiger partial charge < -0.3 is 19.5 Å². The molecular weight excluding hydrogens is 458 g/mol. The number of aryl methyl sites for hydroxylation is 1. The Balaban J connectivity index is 1.35. The molecule has 0 saturated carbocycles. The average Bonchev–Trinajstić information content (AvgIpc) is 3.26. The lowest BCUT2D eigenvalue weighted by molar-refractivity contribution is 0.104. The summed E-state index contributed by atoms with van der Waals surface area (Å²) in [7, 11) is 3.78. The molecule has 1 N–H and O–H groups in total. The summed E-state index contributed by atoms with van der Waals surface area (Å²) in [6.07, 6.45) is 2.91. The van der Waals surface area contributed by atoms with Crippen molar-refractivity contribution in [2.75, 3.05) is 33.8 Å². The number of ether oxygens (including phenoxy) is 1. The second-order valence-corrected chi connectivity index (χ2v) is 9.13. The standard InChI is InChI=1S/C29H32ClN3O2/c1-32(20-23-12-6-7-14-26(23)30)19-17-31-16-9-18-33-21-25(29(34)22-10-4-3-5-11-22)24-13-8-15-27(35-2)28(24)33/h3-8,10-15,21,31H,9,16-20H2,1-2H3. The van der Waals surface area contributed by atoms with Crippen LogP contribution in [0.1, 0.15) is 27.9 Å². The van der Waals surface area contributed by atoms with E-state index in [1.165, 1.54) is 0 Å². The zero-order valence-corrected chi connectivity index (χ0v) is 21.1. The summed E-state index contributed by atoms with van der Waals surface area (Å²) in [4.78, 5) is 15.5. The Labute approximate surface area is 212 Å². The van der Waals surface area contributed by atoms with Crippen molar-refractivity contribution < 1.29 is 9.53 Å². The summed E-state index contributed by atoms with van der Waals surface area (Å²) in [6.45, 7) is 4.34. The molecule has 0 aliphatic carbocycles. The van der Waals surface area contributed by atoms with Gasteiger partial charge in [0.05, 0.1) is 12.6 Å². The van der Waals surface area contributed by atoms with Crippen LogP contribution in [-0.4, -0.2) is 49.0 Å². The molecule has 1 heterocycles. The minimum atomic E-state index is 0.0299. The summed E-state index contributed by atoms with van der Waals surface area (Å²) in [5.74, 6) is 0.811. The molecule has 4 rings (SSSR count). The second kappa shape index (κ2) is 12.0. The maximum atomic E-state index is 13.2. The molecule has 0 aliphatic heterocycles. The van der Waals surface area contributed by atoms with E-state index >= 15 is 0 Å². The maximum Gasteiger partial charge on any atom is 0.195 e. The van der Waals surface area contributed by atoms with E-state index in [1.54, 1.807) is 7.11 Å². The van der Waals surface area contributed by atoms with E-state index in [0.29, 0.717) is 11.1 Å². The number of aromatic nitrogens is 1. The SMILES string of the molecule is COc1cccc2c(C(=O)c3ccccc3)cn(CCCNCCN(C)Cc3ccccc3Cl)c12. The molecule has 35 heavy (non-hydrogen) atoms. The van der Waals surface area contributed by atoms with Crippen LogP contribution in [0.25, 0.3) is 10.9 Å². The molecule has 0 atom stereocenters. The molecule has 0 aliphatic rings. The average molecular weight is 490 g/mol. The van der Waals surface area contributed by atoms with Gasteiger partial charge in [-0.2, -0.15) is 0 Å². The third-order valence-corrected chi connectivity index (χ3v) is 6.55. The van der Waals surface area contributed by atoms with E-state index in [9.17, 15) is 4.79 Å². The van der Waals surface area contributed by atoms with E-state index < -0.39 is 0 Å². The number of fused-ring (bicyclic) bond motifs is 1. The number of methoxy groups -OCH3 is 1. The monoisotopic (exact) mass is 489 g/mol. The number of benzene rings is 3. The van der Waals surface area contributed by atoms with Crippen LogP contribution in [0.15, 0.2) is 79.0 Å². The lowest BCUT2D eigenvalue weighted by Gasteiger charge is -2.18. The normalized spacial score (nSPS) is 11.3. The van der Waals surface area contributed by atoms with Crippen LogP contribution in [0.5, 0.6) is 5.75 Å². The maximum absolute atomic E-state index is 13.2. The Kier molecular flexibility index (Phi) is 8.59. The number of rotatable bonds is 12. The first kappa shape index (κ1) is 25.0. The number of hydrogen-bond donors (Lipinski definition) is 1. The minimum Gasteiger partial charge on any atom is -0.495 e. The van der Waals surface area contributed by atoms with Crippen molar-refractivity contribution >= 4 is 28.3 Å². The smallest absolute Gasteiger partial charge is 0.195 e. The minimum absolute atomic E-state index is 0.0299. The predicted molar refractivity (Wildman–Crippen MR) is 144 cm³/mol. The molecule has 4 aromatic rings. The molecule has 0 radical (unpaired) electrons. The van der Waals surface area contributed by atoms with E-state index in [1.807, 2.05) is 72.9 Å². The summed E-state index contributed by atoms with van der Waals surface area (Å²) in [5.41, 5.74) is 3.51. The summed E-state index contributed by atoms with van der Waals surface area (Å²) in [6, 6.07) is 23.3. The highest BCUT2D eigenvalue weighted by molar-refractivity contribution is 6.31. The number of likely N-dealkylation sites (N-methyl/N-ethyl adjacent to an activating group) is 1. The third kappa shape index (κ3) is 6.12. The summed E-state index contributed by atoms with van der Waals surface area (Å²) in [5, 5.41) is 5.27. The van der Waals surface area contributed by atoms with Crippen molar-refractivity contribution in [3.63, 3.8) is 0 Å². The van der Waals surface area contributed by atoms with Gasteiger partial charge in [0.1, 0.15) is 5.75 Å². The third-order valence-electron chi connectivity index (χ3n) is 6.18. The Morgan fingerprint density at radius 3 is 2.54 bits per heavy atom. The molecule has 0 saturated heterocycles. The van der Waals surface area contributed by atoms with Crippen LogP contribution >= 0.6 is 11.6 Å². The molecule has 0 spiro atoms. The number of para-hydroxylation sites is 1. The molecule has 1 aromatic heterocycles. The van der Waals surface area contributed by atoms with Crippen molar-refractivity contribution in [1.29, 1.82) is 0 Å². The van der Waals surface area contributed by atoms with Crippen LogP contribution in [0.3, 0.4) is 0 Å². The Morgan fingerprint density at radius 1 is 1.00 bits per heavy atom. The highest BCUT2D eigenvalue weighted by Gasteiger charge is 2.19. The number of carbonyl (C=O) groups is 1. The number of hydrogen-bond acceptors (Lipinski definition) is 4. The fourth-order valence-electron chi connectivity index (χ4n) is 4.36. The Hall–Kier alpha value is -3.12. The molecule has 0 unspecified atom stereocenters. The fourth-order valence-corrected chi connectivity index (χ4v) is 4.55.